The van der Waals surface area contributed by atoms with Gasteiger partial charge in [-0.15, -0.1) is 11.3 Å². The highest BCUT2D eigenvalue weighted by molar-refractivity contribution is 7.86. The number of carbonyl (C=O) groups excluding carboxylic acids is 1. The summed E-state index contributed by atoms with van der Waals surface area (Å²) in [7, 11) is -4.46. The number of halogens is 1. The topological polar surface area (TPSA) is 71.4 Å². The van der Waals surface area contributed by atoms with Crippen LogP contribution in [-0.4, -0.2) is 18.2 Å². The lowest BCUT2D eigenvalue weighted by atomic mass is 10.2. The quantitative estimate of drug-likeness (QED) is 0.676. The van der Waals surface area contributed by atoms with Crippen molar-refractivity contribution in [2.75, 3.05) is 0 Å². The maximum atomic E-state index is 11.2. The van der Waals surface area contributed by atoms with Gasteiger partial charge in [-0.2, -0.15) is 8.42 Å². The fourth-order valence-electron chi connectivity index (χ4n) is 1.41. The average Bonchev–Trinajstić information content (AvgIpc) is 2.55. The van der Waals surface area contributed by atoms with Gasteiger partial charge in [-0.1, -0.05) is 18.2 Å². The maximum Gasteiger partial charge on any atom is 0.296 e. The second kappa shape index (κ2) is 3.81. The summed E-state index contributed by atoms with van der Waals surface area (Å²) in [6.45, 7) is 0. The zero-order chi connectivity index (χ0) is 11.9. The second-order valence-electron chi connectivity index (χ2n) is 3.01. The van der Waals surface area contributed by atoms with E-state index in [1.54, 1.807) is 18.2 Å². The van der Waals surface area contributed by atoms with Crippen molar-refractivity contribution < 1.29 is 17.8 Å². The van der Waals surface area contributed by atoms with Crippen LogP contribution in [0.15, 0.2) is 29.2 Å². The number of thiophene rings is 1. The Morgan fingerprint density at radius 3 is 2.50 bits per heavy atom. The molecule has 0 aliphatic carbocycles. The summed E-state index contributed by atoms with van der Waals surface area (Å²) >= 11 is 6.22. The smallest absolute Gasteiger partial charge is 0.282 e. The molecule has 7 heteroatoms. The van der Waals surface area contributed by atoms with Gasteiger partial charge in [-0.05, 0) is 17.7 Å². The van der Waals surface area contributed by atoms with E-state index >= 15 is 0 Å². The largest absolute Gasteiger partial charge is 0.296 e. The van der Waals surface area contributed by atoms with Gasteiger partial charge in [-0.3, -0.25) is 9.35 Å². The molecule has 0 aliphatic heterocycles. The lowest BCUT2D eigenvalue weighted by Gasteiger charge is -1.96. The minimum Gasteiger partial charge on any atom is -0.282 e. The van der Waals surface area contributed by atoms with Crippen molar-refractivity contribution in [3.63, 3.8) is 0 Å². The number of benzene rings is 1. The van der Waals surface area contributed by atoms with Crippen molar-refractivity contribution in [1.82, 2.24) is 0 Å². The molecule has 0 atom stereocenters. The van der Waals surface area contributed by atoms with E-state index in [9.17, 15) is 13.2 Å². The fraction of sp³-hybridized carbons (Fsp3) is 0. The fourth-order valence-corrected chi connectivity index (χ4v) is 3.89. The lowest BCUT2D eigenvalue weighted by molar-refractivity contribution is 0.108. The van der Waals surface area contributed by atoms with Crippen LogP contribution < -0.4 is 0 Å². The van der Waals surface area contributed by atoms with E-state index in [1.807, 2.05) is 0 Å². The predicted molar refractivity (Wildman–Crippen MR) is 61.8 cm³/mol. The molecular formula is C9H5ClO4S2. The molecule has 0 spiro atoms. The Balaban J connectivity index is 2.97. The van der Waals surface area contributed by atoms with E-state index in [0.717, 1.165) is 11.3 Å². The standard InChI is InChI=1S/C9H5ClO4S2/c10-9(11)7-8(16(12,13)14)5-3-1-2-4-6(5)15-7/h1-4H,(H,12,13,14). The van der Waals surface area contributed by atoms with Gasteiger partial charge in [0.05, 0.1) is 0 Å². The van der Waals surface area contributed by atoms with E-state index in [4.69, 9.17) is 16.2 Å². The first-order valence-corrected chi connectivity index (χ1v) is 6.73. The molecule has 0 aliphatic rings. The van der Waals surface area contributed by atoms with Crippen molar-refractivity contribution >= 4 is 48.4 Å². The first kappa shape index (κ1) is 11.5. The molecule has 0 radical (unpaired) electrons. The van der Waals surface area contributed by atoms with Crippen LogP contribution in [0.1, 0.15) is 9.67 Å². The predicted octanol–water partition coefficient (Wildman–Crippen LogP) is 2.53. The highest BCUT2D eigenvalue weighted by atomic mass is 35.5. The zero-order valence-corrected chi connectivity index (χ0v) is 10.1. The van der Waals surface area contributed by atoms with Gasteiger partial charge >= 0.3 is 0 Å². The highest BCUT2D eigenvalue weighted by Crippen LogP contribution is 2.35. The highest BCUT2D eigenvalue weighted by Gasteiger charge is 2.25. The van der Waals surface area contributed by atoms with Crippen LogP contribution in [0.4, 0.5) is 0 Å². The summed E-state index contributed by atoms with van der Waals surface area (Å²) in [6.07, 6.45) is 0. The van der Waals surface area contributed by atoms with E-state index in [-0.39, 0.29) is 4.88 Å². The van der Waals surface area contributed by atoms with Gasteiger partial charge < -0.3 is 0 Å². The summed E-state index contributed by atoms with van der Waals surface area (Å²) in [5.41, 5.74) is 0. The minimum absolute atomic E-state index is 0.162. The van der Waals surface area contributed by atoms with Crippen LogP contribution in [0, 0.1) is 0 Å². The molecule has 0 bridgehead atoms. The molecule has 4 nitrogen and oxygen atoms in total. The molecule has 0 fully saturated rings. The molecule has 1 N–H and O–H groups in total. The Kier molecular flexibility index (Phi) is 2.75. The third-order valence-electron chi connectivity index (χ3n) is 1.99. The number of hydrogen-bond donors (Lipinski definition) is 1. The first-order valence-electron chi connectivity index (χ1n) is 4.10. The molecule has 1 aromatic carbocycles. The molecule has 0 amide bonds. The second-order valence-corrected chi connectivity index (χ2v) is 5.76. The first-order chi connectivity index (χ1) is 7.41. The Morgan fingerprint density at radius 2 is 1.94 bits per heavy atom. The van der Waals surface area contributed by atoms with Crippen molar-refractivity contribution in [3.05, 3.63) is 29.1 Å². The summed E-state index contributed by atoms with van der Waals surface area (Å²) in [5, 5.41) is -0.590. The molecule has 16 heavy (non-hydrogen) atoms. The third kappa shape index (κ3) is 1.84. The van der Waals surface area contributed by atoms with Crippen LogP contribution in [-0.2, 0) is 10.1 Å². The molecule has 2 aromatic rings. The van der Waals surface area contributed by atoms with Crippen LogP contribution >= 0.6 is 22.9 Å². The summed E-state index contributed by atoms with van der Waals surface area (Å²) < 4.78 is 32.0. The molecule has 0 saturated heterocycles. The maximum absolute atomic E-state index is 11.2. The van der Waals surface area contributed by atoms with Crippen LogP contribution in [0.2, 0.25) is 0 Å². The van der Waals surface area contributed by atoms with Crippen LogP contribution in [0.25, 0.3) is 10.1 Å². The summed E-state index contributed by atoms with van der Waals surface area (Å²) in [4.78, 5) is 10.5. The lowest BCUT2D eigenvalue weighted by Crippen LogP contribution is -2.01. The molecule has 0 saturated carbocycles. The van der Waals surface area contributed by atoms with Crippen molar-refractivity contribution in [3.8, 4) is 0 Å². The molecule has 84 valence electrons. The summed E-state index contributed by atoms with van der Waals surface area (Å²) in [6, 6.07) is 6.48. The van der Waals surface area contributed by atoms with Gasteiger partial charge in [0.15, 0.2) is 0 Å². The van der Waals surface area contributed by atoms with Crippen molar-refractivity contribution in [1.29, 1.82) is 0 Å². The number of carbonyl (C=O) groups is 1. The third-order valence-corrected chi connectivity index (χ3v) is 4.53. The normalized spacial score (nSPS) is 11.9. The Bertz CT molecular complexity index is 672. The van der Waals surface area contributed by atoms with Crippen molar-refractivity contribution in [2.24, 2.45) is 0 Å². The van der Waals surface area contributed by atoms with Gasteiger partial charge in [0.2, 0.25) is 0 Å². The number of hydrogen-bond acceptors (Lipinski definition) is 4. The van der Waals surface area contributed by atoms with E-state index < -0.39 is 20.3 Å². The van der Waals surface area contributed by atoms with Gasteiger partial charge in [0.25, 0.3) is 15.4 Å². The van der Waals surface area contributed by atoms with Crippen molar-refractivity contribution in [2.45, 2.75) is 4.90 Å². The average molecular weight is 277 g/mol. The minimum atomic E-state index is -4.46. The monoisotopic (exact) mass is 276 g/mol. The zero-order valence-electron chi connectivity index (χ0n) is 7.68. The Hall–Kier alpha value is -0.950. The molecule has 0 unspecified atom stereocenters. The van der Waals surface area contributed by atoms with E-state index in [2.05, 4.69) is 0 Å². The molecule has 2 rings (SSSR count). The number of rotatable bonds is 2. The SMILES string of the molecule is O=C(Cl)c1sc2ccccc2c1S(=O)(=O)O. The van der Waals surface area contributed by atoms with Crippen LogP contribution in [0.5, 0.6) is 0 Å². The van der Waals surface area contributed by atoms with E-state index in [1.165, 1.54) is 6.07 Å². The molecule has 1 aromatic heterocycles. The Morgan fingerprint density at radius 1 is 1.31 bits per heavy atom. The number of fused-ring (bicyclic) bond motifs is 1. The molecular weight excluding hydrogens is 272 g/mol. The molecule has 1 heterocycles. The van der Waals surface area contributed by atoms with Crippen LogP contribution in [0.3, 0.4) is 0 Å². The summed E-state index contributed by atoms with van der Waals surface area (Å²) in [5.74, 6) is 0. The Labute approximate surface area is 100 Å². The van der Waals surface area contributed by atoms with Gasteiger partial charge in [-0.25, -0.2) is 0 Å². The van der Waals surface area contributed by atoms with Gasteiger partial charge in [0.1, 0.15) is 9.77 Å². The van der Waals surface area contributed by atoms with E-state index in [0.29, 0.717) is 10.1 Å². The van der Waals surface area contributed by atoms with Gasteiger partial charge in [0, 0.05) is 10.1 Å².